The fourth-order valence-corrected chi connectivity index (χ4v) is 5.38. The molecule has 0 N–H and O–H groups in total. The summed E-state index contributed by atoms with van der Waals surface area (Å²) in [7, 11) is -3.46. The van der Waals surface area contributed by atoms with Crippen molar-refractivity contribution in [2.45, 2.75) is 24.2 Å². The number of sulfonamides is 1. The summed E-state index contributed by atoms with van der Waals surface area (Å²) in [6, 6.07) is 10.8. The highest BCUT2D eigenvalue weighted by atomic mass is 79.9. The molecule has 9 heteroatoms. The van der Waals surface area contributed by atoms with Gasteiger partial charge in [0.2, 0.25) is 10.0 Å². The maximum atomic E-state index is 12.8. The molecule has 0 saturated carbocycles. The zero-order chi connectivity index (χ0) is 19.6. The molecule has 2 fully saturated rings. The Balaban J connectivity index is 1.39. The Labute approximate surface area is 174 Å². The van der Waals surface area contributed by atoms with Crippen LogP contribution in [0.5, 0.6) is 0 Å². The van der Waals surface area contributed by atoms with Crippen molar-refractivity contribution in [3.05, 3.63) is 40.9 Å². The molecule has 2 aliphatic rings. The minimum Gasteiger partial charge on any atom is -0.355 e. The summed E-state index contributed by atoms with van der Waals surface area (Å²) < 4.78 is 28.0. The minimum absolute atomic E-state index is 0.329. The molecule has 2 aromatic rings. The van der Waals surface area contributed by atoms with Gasteiger partial charge in [0.05, 0.1) is 4.90 Å². The Hall–Kier alpha value is -1.71. The van der Waals surface area contributed by atoms with Crippen LogP contribution >= 0.6 is 15.9 Å². The van der Waals surface area contributed by atoms with E-state index in [9.17, 15) is 8.42 Å². The highest BCUT2D eigenvalue weighted by molar-refractivity contribution is 9.10. The van der Waals surface area contributed by atoms with E-state index in [2.05, 4.69) is 35.9 Å². The molecule has 3 heterocycles. The molecule has 0 amide bonds. The van der Waals surface area contributed by atoms with E-state index in [-0.39, 0.29) is 0 Å². The van der Waals surface area contributed by atoms with Gasteiger partial charge in [-0.2, -0.15) is 4.31 Å². The Morgan fingerprint density at radius 3 is 1.79 bits per heavy atom. The van der Waals surface area contributed by atoms with Crippen LogP contribution in [0.2, 0.25) is 0 Å². The molecule has 1 aromatic heterocycles. The maximum absolute atomic E-state index is 12.8. The molecule has 1 aromatic carbocycles. The Morgan fingerprint density at radius 2 is 1.25 bits per heavy atom. The zero-order valence-corrected chi connectivity index (χ0v) is 18.1. The first kappa shape index (κ1) is 19.6. The molecule has 150 valence electrons. The van der Waals surface area contributed by atoms with Crippen molar-refractivity contribution in [3.63, 3.8) is 0 Å². The normalized spacial score (nSPS) is 19.0. The van der Waals surface area contributed by atoms with Gasteiger partial charge in [0.1, 0.15) is 0 Å². The van der Waals surface area contributed by atoms with Crippen molar-refractivity contribution < 1.29 is 8.42 Å². The van der Waals surface area contributed by atoms with E-state index < -0.39 is 10.0 Å². The standard InChI is InChI=1S/C19H24BrN5O2S/c20-16-4-6-17(7-5-16)28(26,27)25-14-12-24(13-15-25)19-9-8-18(21-22-19)23-10-2-1-3-11-23/h4-9H,1-3,10-15H2. The quantitative estimate of drug-likeness (QED) is 0.691. The number of hydrogen-bond donors (Lipinski definition) is 0. The molecule has 2 saturated heterocycles. The van der Waals surface area contributed by atoms with Gasteiger partial charge >= 0.3 is 0 Å². The molecule has 2 aliphatic heterocycles. The third-order valence-corrected chi connectivity index (χ3v) is 7.77. The number of piperazine rings is 1. The lowest BCUT2D eigenvalue weighted by molar-refractivity contribution is 0.383. The highest BCUT2D eigenvalue weighted by Gasteiger charge is 2.29. The summed E-state index contributed by atoms with van der Waals surface area (Å²) in [5, 5.41) is 8.79. The Kier molecular flexibility index (Phi) is 5.84. The van der Waals surface area contributed by atoms with E-state index in [4.69, 9.17) is 0 Å². The van der Waals surface area contributed by atoms with Gasteiger partial charge in [0.15, 0.2) is 11.6 Å². The monoisotopic (exact) mass is 465 g/mol. The van der Waals surface area contributed by atoms with E-state index in [1.807, 2.05) is 12.1 Å². The molecule has 0 unspecified atom stereocenters. The fourth-order valence-electron chi connectivity index (χ4n) is 3.69. The van der Waals surface area contributed by atoms with Gasteiger partial charge in [-0.25, -0.2) is 8.42 Å². The van der Waals surface area contributed by atoms with Crippen molar-refractivity contribution >= 4 is 37.6 Å². The SMILES string of the molecule is O=S(=O)(c1ccc(Br)cc1)N1CCN(c2ccc(N3CCCCC3)nn2)CC1. The average Bonchev–Trinajstić information content (AvgIpc) is 2.75. The van der Waals surface area contributed by atoms with Crippen LogP contribution < -0.4 is 9.80 Å². The van der Waals surface area contributed by atoms with Crippen LogP contribution in [0, 0.1) is 0 Å². The first-order valence-corrected chi connectivity index (χ1v) is 11.9. The number of rotatable bonds is 4. The number of nitrogens with zero attached hydrogens (tertiary/aromatic N) is 5. The number of anilines is 2. The topological polar surface area (TPSA) is 69.6 Å². The van der Waals surface area contributed by atoms with E-state index >= 15 is 0 Å². The fraction of sp³-hybridized carbons (Fsp3) is 0.474. The van der Waals surface area contributed by atoms with Gasteiger partial charge in [-0.05, 0) is 55.7 Å². The second-order valence-corrected chi connectivity index (χ2v) is 10.00. The molecule has 0 radical (unpaired) electrons. The lowest BCUT2D eigenvalue weighted by Crippen LogP contribution is -2.49. The number of piperidine rings is 1. The highest BCUT2D eigenvalue weighted by Crippen LogP contribution is 2.23. The average molecular weight is 466 g/mol. The zero-order valence-electron chi connectivity index (χ0n) is 15.7. The summed E-state index contributed by atoms with van der Waals surface area (Å²) in [6.45, 7) is 4.17. The van der Waals surface area contributed by atoms with Crippen LogP contribution in [0.1, 0.15) is 19.3 Å². The second-order valence-electron chi connectivity index (χ2n) is 7.14. The van der Waals surface area contributed by atoms with Gasteiger partial charge in [0.25, 0.3) is 0 Å². The molecule has 7 nitrogen and oxygen atoms in total. The van der Waals surface area contributed by atoms with E-state index in [1.54, 1.807) is 28.6 Å². The summed E-state index contributed by atoms with van der Waals surface area (Å²) in [5.74, 6) is 1.74. The Morgan fingerprint density at radius 1 is 0.714 bits per heavy atom. The van der Waals surface area contributed by atoms with Gasteiger partial charge in [-0.3, -0.25) is 0 Å². The van der Waals surface area contributed by atoms with Crippen LogP contribution in [-0.2, 0) is 10.0 Å². The predicted molar refractivity (Wildman–Crippen MR) is 113 cm³/mol. The predicted octanol–water partition coefficient (Wildman–Crippen LogP) is 2.74. The van der Waals surface area contributed by atoms with Crippen molar-refractivity contribution in [1.82, 2.24) is 14.5 Å². The molecule has 28 heavy (non-hydrogen) atoms. The first-order valence-electron chi connectivity index (χ1n) is 9.63. The van der Waals surface area contributed by atoms with Crippen LogP contribution in [0.3, 0.4) is 0 Å². The van der Waals surface area contributed by atoms with Gasteiger partial charge in [0, 0.05) is 43.7 Å². The Bertz CT molecular complexity index is 891. The molecule has 0 aliphatic carbocycles. The van der Waals surface area contributed by atoms with Crippen molar-refractivity contribution in [1.29, 1.82) is 0 Å². The van der Waals surface area contributed by atoms with Crippen molar-refractivity contribution in [2.24, 2.45) is 0 Å². The lowest BCUT2D eigenvalue weighted by atomic mass is 10.1. The molecule has 0 bridgehead atoms. The number of halogens is 1. The first-order chi connectivity index (χ1) is 13.5. The largest absolute Gasteiger partial charge is 0.355 e. The number of benzene rings is 1. The molecular formula is C19H24BrN5O2S. The summed E-state index contributed by atoms with van der Waals surface area (Å²) >= 11 is 3.34. The van der Waals surface area contributed by atoms with Crippen LogP contribution in [0.4, 0.5) is 11.6 Å². The van der Waals surface area contributed by atoms with Crippen molar-refractivity contribution in [2.75, 3.05) is 49.1 Å². The summed E-state index contributed by atoms with van der Waals surface area (Å²) in [5.41, 5.74) is 0. The minimum atomic E-state index is -3.46. The summed E-state index contributed by atoms with van der Waals surface area (Å²) in [6.07, 6.45) is 3.70. The van der Waals surface area contributed by atoms with E-state index in [1.165, 1.54) is 19.3 Å². The van der Waals surface area contributed by atoms with E-state index in [0.717, 1.165) is 29.2 Å². The number of aromatic nitrogens is 2. The maximum Gasteiger partial charge on any atom is 0.243 e. The lowest BCUT2D eigenvalue weighted by Gasteiger charge is -2.34. The third kappa shape index (κ3) is 4.16. The molecule has 0 atom stereocenters. The van der Waals surface area contributed by atoms with Crippen LogP contribution in [0.25, 0.3) is 0 Å². The smallest absolute Gasteiger partial charge is 0.243 e. The van der Waals surface area contributed by atoms with Crippen LogP contribution in [-0.4, -0.2) is 62.2 Å². The van der Waals surface area contributed by atoms with Crippen LogP contribution in [0.15, 0.2) is 45.8 Å². The number of hydrogen-bond acceptors (Lipinski definition) is 6. The molecule has 0 spiro atoms. The van der Waals surface area contributed by atoms with Gasteiger partial charge in [-0.1, -0.05) is 15.9 Å². The third-order valence-electron chi connectivity index (χ3n) is 5.33. The van der Waals surface area contributed by atoms with E-state index in [0.29, 0.717) is 31.1 Å². The van der Waals surface area contributed by atoms with Gasteiger partial charge in [-0.15, -0.1) is 10.2 Å². The molecular weight excluding hydrogens is 442 g/mol. The second kappa shape index (κ2) is 8.34. The van der Waals surface area contributed by atoms with Gasteiger partial charge < -0.3 is 9.80 Å². The van der Waals surface area contributed by atoms with Crippen molar-refractivity contribution in [3.8, 4) is 0 Å². The summed E-state index contributed by atoms with van der Waals surface area (Å²) in [4.78, 5) is 4.71. The molecule has 4 rings (SSSR count).